The monoisotopic (exact) mass is 437 g/mol. The first-order valence-corrected chi connectivity index (χ1v) is 9.73. The molecule has 156 valence electrons. The van der Waals surface area contributed by atoms with Gasteiger partial charge in [0.05, 0.1) is 19.2 Å². The lowest BCUT2D eigenvalue weighted by atomic mass is 10.1. The Bertz CT molecular complexity index is 1290. The van der Waals surface area contributed by atoms with Crippen LogP contribution >= 0.6 is 11.6 Å². The Morgan fingerprint density at radius 1 is 1.06 bits per heavy atom. The highest BCUT2D eigenvalue weighted by Crippen LogP contribution is 2.27. The third kappa shape index (κ3) is 4.27. The van der Waals surface area contributed by atoms with Gasteiger partial charge in [-0.1, -0.05) is 29.8 Å². The van der Waals surface area contributed by atoms with Crippen LogP contribution in [0.2, 0.25) is 5.02 Å². The topological polar surface area (TPSA) is 73.2 Å². The molecule has 0 bridgehead atoms. The van der Waals surface area contributed by atoms with Crippen molar-refractivity contribution >= 4 is 40.2 Å². The number of ether oxygens (including phenoxy) is 1. The number of hydrogen-bond donors (Lipinski definition) is 1. The SMILES string of the molecule is COC(=O)c1ccc(C(=O)Nc2nn(Cc3cccc(Cl)c3)c3c(F)cccc23)cc1. The number of benzene rings is 3. The van der Waals surface area contributed by atoms with Crippen LogP contribution in [-0.4, -0.2) is 28.8 Å². The number of carbonyl (C=O) groups excluding carboxylic acids is 2. The first-order valence-electron chi connectivity index (χ1n) is 9.35. The van der Waals surface area contributed by atoms with E-state index in [9.17, 15) is 14.0 Å². The number of anilines is 1. The molecule has 1 aromatic heterocycles. The zero-order valence-electron chi connectivity index (χ0n) is 16.4. The normalized spacial score (nSPS) is 10.8. The van der Waals surface area contributed by atoms with E-state index in [0.29, 0.717) is 21.5 Å². The smallest absolute Gasteiger partial charge is 0.337 e. The summed E-state index contributed by atoms with van der Waals surface area (Å²) in [5.74, 6) is -1.14. The van der Waals surface area contributed by atoms with Crippen LogP contribution in [0.3, 0.4) is 0 Å². The Kier molecular flexibility index (Phi) is 5.68. The van der Waals surface area contributed by atoms with Crippen LogP contribution in [0.5, 0.6) is 0 Å². The van der Waals surface area contributed by atoms with Crippen LogP contribution < -0.4 is 5.32 Å². The van der Waals surface area contributed by atoms with E-state index in [2.05, 4.69) is 15.2 Å². The highest BCUT2D eigenvalue weighted by atomic mass is 35.5. The number of aromatic nitrogens is 2. The van der Waals surface area contributed by atoms with Gasteiger partial charge in [-0.3, -0.25) is 9.48 Å². The number of nitrogens with zero attached hydrogens (tertiary/aromatic N) is 2. The Morgan fingerprint density at radius 2 is 1.77 bits per heavy atom. The van der Waals surface area contributed by atoms with Gasteiger partial charge in [0, 0.05) is 16.0 Å². The molecule has 4 aromatic rings. The summed E-state index contributed by atoms with van der Waals surface area (Å²) in [4.78, 5) is 24.3. The highest BCUT2D eigenvalue weighted by molar-refractivity contribution is 6.30. The summed E-state index contributed by atoms with van der Waals surface area (Å²) in [7, 11) is 1.28. The van der Waals surface area contributed by atoms with E-state index in [1.54, 1.807) is 30.3 Å². The van der Waals surface area contributed by atoms with Crippen LogP contribution in [0, 0.1) is 5.82 Å². The lowest BCUT2D eigenvalue weighted by molar-refractivity contribution is 0.0600. The molecule has 1 heterocycles. The van der Waals surface area contributed by atoms with Crippen molar-refractivity contribution in [2.45, 2.75) is 6.54 Å². The number of nitrogens with one attached hydrogen (secondary N) is 1. The van der Waals surface area contributed by atoms with E-state index >= 15 is 0 Å². The molecule has 1 amide bonds. The third-order valence-corrected chi connectivity index (χ3v) is 4.98. The largest absolute Gasteiger partial charge is 0.465 e. The molecule has 8 heteroatoms. The number of fused-ring (bicyclic) bond motifs is 1. The molecule has 3 aromatic carbocycles. The van der Waals surface area contributed by atoms with Gasteiger partial charge in [0.15, 0.2) is 5.82 Å². The number of halogens is 2. The van der Waals surface area contributed by atoms with Gasteiger partial charge in [0.2, 0.25) is 0 Å². The van der Waals surface area contributed by atoms with E-state index in [-0.39, 0.29) is 17.9 Å². The van der Waals surface area contributed by atoms with Crippen molar-refractivity contribution in [1.29, 1.82) is 0 Å². The summed E-state index contributed by atoms with van der Waals surface area (Å²) >= 11 is 6.05. The molecule has 0 aliphatic carbocycles. The fraction of sp³-hybridized carbons (Fsp3) is 0.0870. The molecule has 0 saturated carbocycles. The third-order valence-electron chi connectivity index (χ3n) is 4.74. The minimum Gasteiger partial charge on any atom is -0.465 e. The summed E-state index contributed by atoms with van der Waals surface area (Å²) < 4.78 is 20.8. The number of para-hydroxylation sites is 1. The summed E-state index contributed by atoms with van der Waals surface area (Å²) in [6.07, 6.45) is 0. The number of hydrogen-bond acceptors (Lipinski definition) is 4. The van der Waals surface area contributed by atoms with Gasteiger partial charge in [-0.05, 0) is 54.1 Å². The van der Waals surface area contributed by atoms with E-state index in [0.717, 1.165) is 5.56 Å². The molecule has 0 fully saturated rings. The van der Waals surface area contributed by atoms with Crippen molar-refractivity contribution in [2.24, 2.45) is 0 Å². The number of esters is 1. The average Bonchev–Trinajstić information content (AvgIpc) is 3.11. The van der Waals surface area contributed by atoms with Crippen molar-refractivity contribution in [1.82, 2.24) is 9.78 Å². The van der Waals surface area contributed by atoms with E-state index in [4.69, 9.17) is 11.6 Å². The number of amides is 1. The van der Waals surface area contributed by atoms with Crippen molar-refractivity contribution in [2.75, 3.05) is 12.4 Å². The molecule has 0 aliphatic heterocycles. The summed E-state index contributed by atoms with van der Waals surface area (Å²) in [6.45, 7) is 0.279. The molecule has 0 spiro atoms. The minimum absolute atomic E-state index is 0.235. The summed E-state index contributed by atoms with van der Waals surface area (Å²) in [5.41, 5.74) is 1.77. The van der Waals surface area contributed by atoms with Crippen molar-refractivity contribution < 1.29 is 18.7 Å². The average molecular weight is 438 g/mol. The molecule has 0 unspecified atom stereocenters. The molecule has 1 N–H and O–H groups in total. The molecule has 0 aliphatic rings. The Morgan fingerprint density at radius 3 is 2.48 bits per heavy atom. The van der Waals surface area contributed by atoms with Crippen LogP contribution in [0.1, 0.15) is 26.3 Å². The zero-order valence-corrected chi connectivity index (χ0v) is 17.2. The lowest BCUT2D eigenvalue weighted by Crippen LogP contribution is -2.13. The Hall–Kier alpha value is -3.71. The first kappa shape index (κ1) is 20.6. The molecule has 0 atom stereocenters. The van der Waals surface area contributed by atoms with Gasteiger partial charge in [-0.2, -0.15) is 5.10 Å². The molecular weight excluding hydrogens is 421 g/mol. The number of rotatable bonds is 5. The summed E-state index contributed by atoms with van der Waals surface area (Å²) in [5, 5.41) is 8.20. The fourth-order valence-electron chi connectivity index (χ4n) is 3.26. The maximum absolute atomic E-state index is 14.6. The van der Waals surface area contributed by atoms with Gasteiger partial charge in [-0.25, -0.2) is 9.18 Å². The summed E-state index contributed by atoms with van der Waals surface area (Å²) in [6, 6.07) is 17.8. The predicted molar refractivity (Wildman–Crippen MR) is 116 cm³/mol. The fourth-order valence-corrected chi connectivity index (χ4v) is 3.48. The van der Waals surface area contributed by atoms with Gasteiger partial charge >= 0.3 is 5.97 Å². The molecule has 31 heavy (non-hydrogen) atoms. The van der Waals surface area contributed by atoms with Gasteiger partial charge in [0.25, 0.3) is 5.91 Å². The van der Waals surface area contributed by atoms with Crippen molar-refractivity contribution in [3.05, 3.63) is 94.3 Å². The van der Waals surface area contributed by atoms with Gasteiger partial charge < -0.3 is 10.1 Å². The standard InChI is InChI=1S/C23H17ClFN3O3/c1-31-23(30)16-10-8-15(9-11-16)22(29)26-21-18-6-3-7-19(25)20(18)28(27-21)13-14-4-2-5-17(24)12-14/h2-12H,13H2,1H3,(H,26,27,29). The maximum atomic E-state index is 14.6. The highest BCUT2D eigenvalue weighted by Gasteiger charge is 2.17. The van der Waals surface area contributed by atoms with Crippen molar-refractivity contribution in [3.8, 4) is 0 Å². The number of carbonyl (C=O) groups is 2. The molecule has 4 rings (SSSR count). The second-order valence-corrected chi connectivity index (χ2v) is 7.23. The quantitative estimate of drug-likeness (QED) is 0.450. The van der Waals surface area contributed by atoms with E-state index in [1.807, 2.05) is 6.07 Å². The second-order valence-electron chi connectivity index (χ2n) is 6.80. The lowest BCUT2D eigenvalue weighted by Gasteiger charge is -2.05. The minimum atomic E-state index is -0.492. The van der Waals surface area contributed by atoms with Crippen LogP contribution in [-0.2, 0) is 11.3 Å². The van der Waals surface area contributed by atoms with Crippen LogP contribution in [0.15, 0.2) is 66.7 Å². The zero-order chi connectivity index (χ0) is 22.0. The van der Waals surface area contributed by atoms with Gasteiger partial charge in [-0.15, -0.1) is 0 Å². The van der Waals surface area contributed by atoms with E-state index < -0.39 is 17.7 Å². The van der Waals surface area contributed by atoms with Crippen molar-refractivity contribution in [3.63, 3.8) is 0 Å². The molecule has 6 nitrogen and oxygen atoms in total. The van der Waals surface area contributed by atoms with Gasteiger partial charge in [0.1, 0.15) is 11.3 Å². The molecular formula is C23H17ClFN3O3. The van der Waals surface area contributed by atoms with Crippen LogP contribution in [0.25, 0.3) is 10.9 Å². The number of methoxy groups -OCH3 is 1. The second kappa shape index (κ2) is 8.57. The Labute approximate surface area is 182 Å². The van der Waals surface area contributed by atoms with E-state index in [1.165, 1.54) is 42.1 Å². The molecule has 0 saturated heterocycles. The maximum Gasteiger partial charge on any atom is 0.337 e. The van der Waals surface area contributed by atoms with Crippen LogP contribution in [0.4, 0.5) is 10.2 Å². The molecule has 0 radical (unpaired) electrons. The first-order chi connectivity index (χ1) is 15.0. The predicted octanol–water partition coefficient (Wildman–Crippen LogP) is 4.92. The Balaban J connectivity index is 1.65.